The van der Waals surface area contributed by atoms with Gasteiger partial charge in [-0.1, -0.05) is 6.07 Å². The van der Waals surface area contributed by atoms with E-state index < -0.39 is 0 Å². The number of carbonyl (C=O) groups is 1. The van der Waals surface area contributed by atoms with Gasteiger partial charge in [-0.3, -0.25) is 19.7 Å². The van der Waals surface area contributed by atoms with E-state index in [0.29, 0.717) is 18.8 Å². The standard InChI is InChI=1S/C18H23N5O2/c24-18(21-7-8-23-9-11-25-12-10-23)17-13-15(4-6-20-17)22-14-16-3-1-2-5-19-16/h1-6,13H,7-12,14H2,(H,20,22)(H,21,24). The summed E-state index contributed by atoms with van der Waals surface area (Å²) < 4.78 is 5.31. The molecule has 0 radical (unpaired) electrons. The van der Waals surface area contributed by atoms with E-state index in [9.17, 15) is 4.79 Å². The summed E-state index contributed by atoms with van der Waals surface area (Å²) in [5.41, 5.74) is 2.20. The molecule has 0 aliphatic carbocycles. The molecule has 1 saturated heterocycles. The number of hydrogen-bond donors (Lipinski definition) is 2. The molecular formula is C18H23N5O2. The number of aromatic nitrogens is 2. The quantitative estimate of drug-likeness (QED) is 0.786. The number of anilines is 1. The Morgan fingerprint density at radius 1 is 1.16 bits per heavy atom. The SMILES string of the molecule is O=C(NCCN1CCOCC1)c1cc(NCc2ccccn2)ccn1. The van der Waals surface area contributed by atoms with Crippen molar-refractivity contribution >= 4 is 11.6 Å². The van der Waals surface area contributed by atoms with Crippen LogP contribution in [0.4, 0.5) is 5.69 Å². The van der Waals surface area contributed by atoms with Gasteiger partial charge in [-0.05, 0) is 24.3 Å². The molecule has 0 spiro atoms. The summed E-state index contributed by atoms with van der Waals surface area (Å²) in [5, 5.41) is 6.18. The molecule has 0 saturated carbocycles. The van der Waals surface area contributed by atoms with Crippen molar-refractivity contribution in [2.24, 2.45) is 0 Å². The molecule has 2 aromatic heterocycles. The fourth-order valence-electron chi connectivity index (χ4n) is 2.60. The molecule has 2 aromatic rings. The van der Waals surface area contributed by atoms with Crippen molar-refractivity contribution in [2.45, 2.75) is 6.54 Å². The molecule has 1 fully saturated rings. The summed E-state index contributed by atoms with van der Waals surface area (Å²) in [5.74, 6) is -0.158. The molecule has 132 valence electrons. The maximum Gasteiger partial charge on any atom is 0.269 e. The molecule has 7 nitrogen and oxygen atoms in total. The zero-order valence-corrected chi connectivity index (χ0v) is 14.1. The zero-order chi connectivity index (χ0) is 17.3. The smallest absolute Gasteiger partial charge is 0.269 e. The molecule has 2 N–H and O–H groups in total. The monoisotopic (exact) mass is 341 g/mol. The van der Waals surface area contributed by atoms with Gasteiger partial charge in [0.1, 0.15) is 5.69 Å². The Balaban J connectivity index is 1.47. The predicted octanol–water partition coefficient (Wildman–Crippen LogP) is 1.15. The highest BCUT2D eigenvalue weighted by Gasteiger charge is 2.11. The summed E-state index contributed by atoms with van der Waals surface area (Å²) in [6.45, 7) is 5.39. The third kappa shape index (κ3) is 5.51. The van der Waals surface area contributed by atoms with Gasteiger partial charge in [-0.2, -0.15) is 0 Å². The molecule has 3 rings (SSSR count). The molecule has 3 heterocycles. The average Bonchev–Trinajstić information content (AvgIpc) is 2.68. The van der Waals surface area contributed by atoms with Crippen molar-refractivity contribution in [3.8, 4) is 0 Å². The number of nitrogens with one attached hydrogen (secondary N) is 2. The van der Waals surface area contributed by atoms with Gasteiger partial charge in [0, 0.05) is 44.3 Å². The third-order valence-electron chi connectivity index (χ3n) is 4.01. The fraction of sp³-hybridized carbons (Fsp3) is 0.389. The van der Waals surface area contributed by atoms with Gasteiger partial charge in [0.15, 0.2) is 0 Å². The van der Waals surface area contributed by atoms with E-state index in [1.807, 2.05) is 24.3 Å². The zero-order valence-electron chi connectivity index (χ0n) is 14.1. The van der Waals surface area contributed by atoms with E-state index in [-0.39, 0.29) is 5.91 Å². The molecule has 0 atom stereocenters. The molecule has 1 aliphatic rings. The first kappa shape index (κ1) is 17.3. The molecule has 0 aromatic carbocycles. The van der Waals surface area contributed by atoms with Crippen molar-refractivity contribution in [3.63, 3.8) is 0 Å². The second-order valence-corrected chi connectivity index (χ2v) is 5.81. The van der Waals surface area contributed by atoms with E-state index in [1.165, 1.54) is 0 Å². The minimum absolute atomic E-state index is 0.158. The number of morpholine rings is 1. The number of nitrogens with zero attached hydrogens (tertiary/aromatic N) is 3. The second kappa shape index (κ2) is 9.10. The van der Waals surface area contributed by atoms with Gasteiger partial charge in [0.2, 0.25) is 0 Å². The van der Waals surface area contributed by atoms with Gasteiger partial charge in [-0.25, -0.2) is 0 Å². The van der Waals surface area contributed by atoms with Crippen LogP contribution in [0.3, 0.4) is 0 Å². The van der Waals surface area contributed by atoms with Crippen molar-refractivity contribution in [1.82, 2.24) is 20.2 Å². The Morgan fingerprint density at radius 2 is 2.04 bits per heavy atom. The van der Waals surface area contributed by atoms with Crippen LogP contribution in [0.25, 0.3) is 0 Å². The Hall–Kier alpha value is -2.51. The van der Waals surface area contributed by atoms with Crippen LogP contribution in [0.5, 0.6) is 0 Å². The lowest BCUT2D eigenvalue weighted by atomic mass is 10.3. The molecule has 1 amide bonds. The summed E-state index contributed by atoms with van der Waals surface area (Å²) in [6, 6.07) is 9.38. The summed E-state index contributed by atoms with van der Waals surface area (Å²) in [7, 11) is 0. The van der Waals surface area contributed by atoms with Crippen LogP contribution in [0.2, 0.25) is 0 Å². The molecule has 7 heteroatoms. The van der Waals surface area contributed by atoms with Gasteiger partial charge < -0.3 is 15.4 Å². The van der Waals surface area contributed by atoms with Crippen molar-refractivity contribution in [3.05, 3.63) is 54.1 Å². The van der Waals surface area contributed by atoms with Crippen LogP contribution in [-0.4, -0.2) is 60.2 Å². The van der Waals surface area contributed by atoms with Crippen LogP contribution >= 0.6 is 0 Å². The highest BCUT2D eigenvalue weighted by Crippen LogP contribution is 2.09. The normalized spacial score (nSPS) is 14.9. The first-order chi connectivity index (χ1) is 12.3. The Labute approximate surface area is 147 Å². The minimum atomic E-state index is -0.158. The molecule has 1 aliphatic heterocycles. The molecule has 0 unspecified atom stereocenters. The number of ether oxygens (including phenoxy) is 1. The summed E-state index contributed by atoms with van der Waals surface area (Å²) in [6.07, 6.45) is 3.40. The lowest BCUT2D eigenvalue weighted by Gasteiger charge is -2.26. The van der Waals surface area contributed by atoms with Crippen LogP contribution in [0, 0.1) is 0 Å². The van der Waals surface area contributed by atoms with Gasteiger partial charge in [-0.15, -0.1) is 0 Å². The first-order valence-corrected chi connectivity index (χ1v) is 8.49. The molecular weight excluding hydrogens is 318 g/mol. The maximum atomic E-state index is 12.3. The largest absolute Gasteiger partial charge is 0.379 e. The predicted molar refractivity (Wildman–Crippen MR) is 95.4 cm³/mol. The van der Waals surface area contributed by atoms with Crippen molar-refractivity contribution < 1.29 is 9.53 Å². The van der Waals surface area contributed by atoms with E-state index in [2.05, 4.69) is 25.5 Å². The lowest BCUT2D eigenvalue weighted by Crippen LogP contribution is -2.41. The summed E-state index contributed by atoms with van der Waals surface area (Å²) >= 11 is 0. The summed E-state index contributed by atoms with van der Waals surface area (Å²) in [4.78, 5) is 23.0. The van der Waals surface area contributed by atoms with Crippen molar-refractivity contribution in [2.75, 3.05) is 44.7 Å². The van der Waals surface area contributed by atoms with Gasteiger partial charge in [0.25, 0.3) is 5.91 Å². The second-order valence-electron chi connectivity index (χ2n) is 5.81. The first-order valence-electron chi connectivity index (χ1n) is 8.49. The fourth-order valence-corrected chi connectivity index (χ4v) is 2.60. The number of amides is 1. The van der Waals surface area contributed by atoms with E-state index in [4.69, 9.17) is 4.74 Å². The minimum Gasteiger partial charge on any atom is -0.379 e. The molecule has 0 bridgehead atoms. The Morgan fingerprint density at radius 3 is 2.84 bits per heavy atom. The Kier molecular flexibility index (Phi) is 6.30. The lowest BCUT2D eigenvalue weighted by molar-refractivity contribution is 0.0383. The number of carbonyl (C=O) groups excluding carboxylic acids is 1. The van der Waals surface area contributed by atoms with Gasteiger partial charge in [0.05, 0.1) is 25.5 Å². The highest BCUT2D eigenvalue weighted by molar-refractivity contribution is 5.93. The van der Waals surface area contributed by atoms with Crippen LogP contribution in [-0.2, 0) is 11.3 Å². The number of hydrogen-bond acceptors (Lipinski definition) is 6. The number of pyridine rings is 2. The van der Waals surface area contributed by atoms with Crippen molar-refractivity contribution in [1.29, 1.82) is 0 Å². The van der Waals surface area contributed by atoms with E-state index in [1.54, 1.807) is 18.5 Å². The van der Waals surface area contributed by atoms with Crippen LogP contribution in [0.15, 0.2) is 42.7 Å². The molecule has 25 heavy (non-hydrogen) atoms. The average molecular weight is 341 g/mol. The van der Waals surface area contributed by atoms with E-state index >= 15 is 0 Å². The van der Waals surface area contributed by atoms with Gasteiger partial charge >= 0.3 is 0 Å². The Bertz CT molecular complexity index is 674. The maximum absolute atomic E-state index is 12.3. The van der Waals surface area contributed by atoms with E-state index in [0.717, 1.165) is 44.2 Å². The third-order valence-corrected chi connectivity index (χ3v) is 4.01. The highest BCUT2D eigenvalue weighted by atomic mass is 16.5. The van der Waals surface area contributed by atoms with Crippen LogP contribution in [0.1, 0.15) is 16.2 Å². The van der Waals surface area contributed by atoms with Crippen LogP contribution < -0.4 is 10.6 Å². The number of rotatable bonds is 7. The topological polar surface area (TPSA) is 79.4 Å².